The van der Waals surface area contributed by atoms with Crippen LogP contribution >= 0.6 is 0 Å². The second kappa shape index (κ2) is 13.4. The number of phenols is 1. The molecule has 0 heterocycles. The largest absolute Gasteiger partial charge is 0.508 e. The number of aromatic hydroxyl groups is 1. The van der Waals surface area contributed by atoms with Gasteiger partial charge in [0.1, 0.15) is 23.9 Å². The molecular weight excluding hydrogens is 442 g/mol. The van der Waals surface area contributed by atoms with Gasteiger partial charge in [-0.25, -0.2) is 4.79 Å². The van der Waals surface area contributed by atoms with Gasteiger partial charge in [-0.1, -0.05) is 19.1 Å². The van der Waals surface area contributed by atoms with E-state index in [1.165, 1.54) is 17.0 Å². The van der Waals surface area contributed by atoms with Crippen LogP contribution < -0.4 is 10.6 Å². The summed E-state index contributed by atoms with van der Waals surface area (Å²) in [5.41, 5.74) is -0.341. The van der Waals surface area contributed by atoms with Gasteiger partial charge >= 0.3 is 12.1 Å². The number of amides is 3. The summed E-state index contributed by atoms with van der Waals surface area (Å²) in [5.74, 6) is -1.55. The van der Waals surface area contributed by atoms with Crippen LogP contribution in [0.25, 0.3) is 0 Å². The molecule has 3 N–H and O–H groups in total. The van der Waals surface area contributed by atoms with Gasteiger partial charge in [0.15, 0.2) is 0 Å². The van der Waals surface area contributed by atoms with Gasteiger partial charge in [0.25, 0.3) is 0 Å². The lowest BCUT2D eigenvalue weighted by Crippen LogP contribution is -2.51. The molecule has 2 atom stereocenters. The van der Waals surface area contributed by atoms with E-state index in [9.17, 15) is 24.3 Å². The second-order valence-electron chi connectivity index (χ2n) is 8.76. The normalized spacial score (nSPS) is 12.8. The van der Waals surface area contributed by atoms with Gasteiger partial charge in [0.2, 0.25) is 11.8 Å². The maximum Gasteiger partial charge on any atom is 0.408 e. The Hall–Kier alpha value is -3.30. The Morgan fingerprint density at radius 1 is 1.12 bits per heavy atom. The van der Waals surface area contributed by atoms with Gasteiger partial charge in [-0.2, -0.15) is 0 Å². The SMILES string of the molecule is CCOC(=O)CCNC(=O)C(c1cccc(O)c1)N(C(=O)CNC(=O)OC(C)(C)C)C(C)CC. The lowest BCUT2D eigenvalue weighted by molar-refractivity contribution is -0.144. The standard InChI is InChI=1S/C24H37N3O7/c1-7-16(3)27(19(29)15-26-23(32)34-24(4,5)6)21(17-10-9-11-18(28)14-17)22(31)25-13-12-20(30)33-8-2/h9-11,14,16,21,28H,7-8,12-13,15H2,1-6H3,(H,25,31)(H,26,32). The van der Waals surface area contributed by atoms with Crippen molar-refractivity contribution in [1.29, 1.82) is 0 Å². The molecule has 10 heteroatoms. The molecule has 0 spiro atoms. The van der Waals surface area contributed by atoms with Gasteiger partial charge < -0.3 is 30.1 Å². The average Bonchev–Trinajstić information content (AvgIpc) is 2.74. The van der Waals surface area contributed by atoms with E-state index in [1.807, 2.05) is 6.92 Å². The molecule has 0 aliphatic heterocycles. The van der Waals surface area contributed by atoms with Crippen molar-refractivity contribution in [2.75, 3.05) is 19.7 Å². The predicted molar refractivity (Wildman–Crippen MR) is 126 cm³/mol. The zero-order valence-corrected chi connectivity index (χ0v) is 20.8. The lowest BCUT2D eigenvalue weighted by atomic mass is 10.0. The number of alkyl carbamates (subject to hydrolysis) is 1. The number of ether oxygens (including phenoxy) is 2. The molecule has 1 rings (SSSR count). The van der Waals surface area contributed by atoms with Crippen LogP contribution in [0.5, 0.6) is 5.75 Å². The molecule has 3 amide bonds. The van der Waals surface area contributed by atoms with Crippen molar-refractivity contribution in [3.63, 3.8) is 0 Å². The molecule has 0 aliphatic rings. The molecule has 0 fully saturated rings. The van der Waals surface area contributed by atoms with Gasteiger partial charge in [-0.15, -0.1) is 0 Å². The van der Waals surface area contributed by atoms with Crippen molar-refractivity contribution < 1.29 is 33.8 Å². The topological polar surface area (TPSA) is 134 Å². The summed E-state index contributed by atoms with van der Waals surface area (Å²) in [7, 11) is 0. The molecule has 0 radical (unpaired) electrons. The summed E-state index contributed by atoms with van der Waals surface area (Å²) in [6.07, 6.45) is -0.245. The van der Waals surface area contributed by atoms with E-state index in [-0.39, 0.29) is 37.9 Å². The third-order valence-electron chi connectivity index (χ3n) is 4.78. The van der Waals surface area contributed by atoms with Gasteiger partial charge in [-0.05, 0) is 58.7 Å². The molecule has 0 bridgehead atoms. The van der Waals surface area contributed by atoms with E-state index < -0.39 is 35.5 Å². The number of hydrogen-bond acceptors (Lipinski definition) is 7. The van der Waals surface area contributed by atoms with E-state index in [0.717, 1.165) is 0 Å². The van der Waals surface area contributed by atoms with Crippen LogP contribution in [0.3, 0.4) is 0 Å². The highest BCUT2D eigenvalue weighted by Crippen LogP contribution is 2.27. The monoisotopic (exact) mass is 479 g/mol. The first-order valence-electron chi connectivity index (χ1n) is 11.4. The Bertz CT molecular complexity index is 851. The Balaban J connectivity index is 3.15. The second-order valence-corrected chi connectivity index (χ2v) is 8.76. The van der Waals surface area contributed by atoms with Crippen molar-refractivity contribution in [3.05, 3.63) is 29.8 Å². The number of rotatable bonds is 11. The van der Waals surface area contributed by atoms with Crippen LogP contribution in [0.15, 0.2) is 24.3 Å². The Morgan fingerprint density at radius 3 is 2.35 bits per heavy atom. The minimum absolute atomic E-state index is 0.0195. The van der Waals surface area contributed by atoms with Crippen LogP contribution in [-0.2, 0) is 23.9 Å². The number of esters is 1. The number of benzene rings is 1. The fourth-order valence-electron chi connectivity index (χ4n) is 3.14. The van der Waals surface area contributed by atoms with Crippen molar-refractivity contribution in [2.24, 2.45) is 0 Å². The lowest BCUT2D eigenvalue weighted by Gasteiger charge is -2.36. The minimum Gasteiger partial charge on any atom is -0.508 e. The van der Waals surface area contributed by atoms with Gasteiger partial charge in [-0.3, -0.25) is 14.4 Å². The number of carbonyl (C=O) groups excluding carboxylic acids is 4. The first kappa shape index (κ1) is 28.7. The molecule has 190 valence electrons. The first-order chi connectivity index (χ1) is 15.9. The quantitative estimate of drug-likeness (QED) is 0.415. The van der Waals surface area contributed by atoms with Crippen molar-refractivity contribution >= 4 is 23.9 Å². The number of nitrogens with one attached hydrogen (secondary N) is 2. The molecule has 0 saturated carbocycles. The number of hydrogen-bond donors (Lipinski definition) is 3. The van der Waals surface area contributed by atoms with Crippen molar-refractivity contribution in [3.8, 4) is 5.75 Å². The van der Waals surface area contributed by atoms with Crippen molar-refractivity contribution in [2.45, 2.75) is 72.1 Å². The van der Waals surface area contributed by atoms with Gasteiger partial charge in [0.05, 0.1) is 13.0 Å². The Morgan fingerprint density at radius 2 is 1.79 bits per heavy atom. The number of phenolic OH excluding ortho intramolecular Hbond substituents is 1. The summed E-state index contributed by atoms with van der Waals surface area (Å²) >= 11 is 0. The zero-order valence-electron chi connectivity index (χ0n) is 20.8. The molecule has 0 saturated heterocycles. The minimum atomic E-state index is -1.10. The van der Waals surface area contributed by atoms with E-state index >= 15 is 0 Å². The maximum atomic E-state index is 13.2. The first-order valence-corrected chi connectivity index (χ1v) is 11.4. The van der Waals surface area contributed by atoms with Crippen LogP contribution in [0.2, 0.25) is 0 Å². The molecule has 0 aliphatic carbocycles. The highest BCUT2D eigenvalue weighted by molar-refractivity contribution is 5.91. The molecule has 0 aromatic heterocycles. The molecule has 10 nitrogen and oxygen atoms in total. The third-order valence-corrected chi connectivity index (χ3v) is 4.78. The molecule has 1 aromatic carbocycles. The summed E-state index contributed by atoms with van der Waals surface area (Å²) in [6, 6.07) is 4.58. The number of carbonyl (C=O) groups is 4. The Labute approximate surface area is 201 Å². The van der Waals surface area contributed by atoms with Crippen LogP contribution in [0.4, 0.5) is 4.79 Å². The van der Waals surface area contributed by atoms with Crippen LogP contribution in [0, 0.1) is 0 Å². The summed E-state index contributed by atoms with van der Waals surface area (Å²) < 4.78 is 10.1. The predicted octanol–water partition coefficient (Wildman–Crippen LogP) is 2.65. The molecule has 2 unspecified atom stereocenters. The third kappa shape index (κ3) is 9.68. The zero-order chi connectivity index (χ0) is 25.9. The van der Waals surface area contributed by atoms with Crippen molar-refractivity contribution in [1.82, 2.24) is 15.5 Å². The van der Waals surface area contributed by atoms with Crippen LogP contribution in [-0.4, -0.2) is 65.2 Å². The summed E-state index contributed by atoms with van der Waals surface area (Å²) in [6.45, 7) is 10.3. The van der Waals surface area contributed by atoms with E-state index in [4.69, 9.17) is 9.47 Å². The summed E-state index contributed by atoms with van der Waals surface area (Å²) in [4.78, 5) is 51.5. The molecule has 34 heavy (non-hydrogen) atoms. The van der Waals surface area contributed by atoms with E-state index in [2.05, 4.69) is 10.6 Å². The highest BCUT2D eigenvalue weighted by atomic mass is 16.6. The number of nitrogens with zero attached hydrogens (tertiary/aromatic N) is 1. The molecular formula is C24H37N3O7. The van der Waals surface area contributed by atoms with E-state index in [0.29, 0.717) is 12.0 Å². The fraction of sp³-hybridized carbons (Fsp3) is 0.583. The fourth-order valence-corrected chi connectivity index (χ4v) is 3.14. The van der Waals surface area contributed by atoms with Gasteiger partial charge in [0, 0.05) is 12.6 Å². The molecule has 1 aromatic rings. The van der Waals surface area contributed by atoms with Crippen LogP contribution in [0.1, 0.15) is 66.0 Å². The summed E-state index contributed by atoms with van der Waals surface area (Å²) in [5, 5.41) is 15.1. The average molecular weight is 480 g/mol. The highest BCUT2D eigenvalue weighted by Gasteiger charge is 2.34. The smallest absolute Gasteiger partial charge is 0.408 e. The van der Waals surface area contributed by atoms with E-state index in [1.54, 1.807) is 46.8 Å². The Kier molecular flexibility index (Phi) is 11.3. The maximum absolute atomic E-state index is 13.2.